The van der Waals surface area contributed by atoms with Crippen LogP contribution in [-0.2, 0) is 0 Å². The van der Waals surface area contributed by atoms with Crippen molar-refractivity contribution in [2.75, 3.05) is 12.9 Å². The van der Waals surface area contributed by atoms with E-state index in [0.29, 0.717) is 5.75 Å². The van der Waals surface area contributed by atoms with Crippen molar-refractivity contribution in [3.05, 3.63) is 59.2 Å². The highest BCUT2D eigenvalue weighted by atomic mass is 32.2. The van der Waals surface area contributed by atoms with Crippen molar-refractivity contribution >= 4 is 17.5 Å². The monoisotopic (exact) mass is 395 g/mol. The van der Waals surface area contributed by atoms with Crippen LogP contribution in [0.2, 0.25) is 0 Å². The predicted molar refractivity (Wildman–Crippen MR) is 113 cm³/mol. The van der Waals surface area contributed by atoms with Crippen LogP contribution in [-0.4, -0.2) is 33.4 Å². The van der Waals surface area contributed by atoms with E-state index in [-0.39, 0.29) is 11.8 Å². The van der Waals surface area contributed by atoms with E-state index in [2.05, 4.69) is 28.6 Å². The number of hydrogen-bond acceptors (Lipinski definition) is 5. The summed E-state index contributed by atoms with van der Waals surface area (Å²) in [7, 11) is 1.65. The molecule has 3 rings (SSSR count). The van der Waals surface area contributed by atoms with Crippen LogP contribution in [0.1, 0.15) is 41.4 Å². The quantitative estimate of drug-likeness (QED) is 0.410. The summed E-state index contributed by atoms with van der Waals surface area (Å²) in [4.78, 5) is 12.7. The van der Waals surface area contributed by atoms with Crippen molar-refractivity contribution < 1.29 is 9.53 Å². The van der Waals surface area contributed by atoms with Crippen molar-refractivity contribution in [3.63, 3.8) is 0 Å². The minimum atomic E-state index is 0.104. The van der Waals surface area contributed by atoms with Crippen LogP contribution in [0.15, 0.2) is 47.6 Å². The van der Waals surface area contributed by atoms with E-state index in [1.54, 1.807) is 7.11 Å². The lowest BCUT2D eigenvalue weighted by molar-refractivity contribution is 0.102. The first-order valence-electron chi connectivity index (χ1n) is 9.23. The summed E-state index contributed by atoms with van der Waals surface area (Å²) < 4.78 is 7.30. The fraction of sp³-hybridized carbons (Fsp3) is 0.318. The lowest BCUT2D eigenvalue weighted by Crippen LogP contribution is -2.08. The zero-order chi connectivity index (χ0) is 20.3. The van der Waals surface area contributed by atoms with Crippen LogP contribution in [0, 0.1) is 13.8 Å². The molecule has 0 aliphatic carbocycles. The molecule has 0 radical (unpaired) electrons. The van der Waals surface area contributed by atoms with Gasteiger partial charge in [-0.25, -0.2) is 0 Å². The fourth-order valence-corrected chi connectivity index (χ4v) is 4.06. The molecule has 0 saturated heterocycles. The molecule has 0 N–H and O–H groups in total. The molecule has 0 atom stereocenters. The molecule has 3 aromatic rings. The third-order valence-electron chi connectivity index (χ3n) is 4.54. The number of ketones is 1. The van der Waals surface area contributed by atoms with Gasteiger partial charge in [0, 0.05) is 17.2 Å². The number of carbonyl (C=O) groups is 1. The number of thioether (sulfide) groups is 1. The molecule has 28 heavy (non-hydrogen) atoms. The first-order chi connectivity index (χ1) is 13.4. The highest BCUT2D eigenvalue weighted by Gasteiger charge is 2.19. The highest BCUT2D eigenvalue weighted by Crippen LogP contribution is 2.29. The topological polar surface area (TPSA) is 57.0 Å². The number of benzene rings is 2. The number of carbonyl (C=O) groups excluding carboxylic acids is 1. The van der Waals surface area contributed by atoms with Crippen LogP contribution in [0.4, 0.5) is 0 Å². The lowest BCUT2D eigenvalue weighted by atomic mass is 10.0. The van der Waals surface area contributed by atoms with E-state index in [4.69, 9.17) is 4.74 Å². The second kappa shape index (κ2) is 8.61. The number of methoxy groups -OCH3 is 1. The third kappa shape index (κ3) is 4.28. The Morgan fingerprint density at radius 3 is 2.43 bits per heavy atom. The molecule has 0 bridgehead atoms. The standard InChI is InChI=1S/C22H25N3O2S/c1-14(2)25-21(17-7-9-18(27-5)10-8-17)23-24-22(25)28-13-20(26)19-11-6-15(3)12-16(19)4/h6-12,14H,13H2,1-5H3. The van der Waals surface area contributed by atoms with Crippen LogP contribution in [0.25, 0.3) is 11.4 Å². The highest BCUT2D eigenvalue weighted by molar-refractivity contribution is 7.99. The van der Waals surface area contributed by atoms with Gasteiger partial charge in [-0.1, -0.05) is 35.5 Å². The molecule has 0 spiro atoms. The molecule has 1 heterocycles. The minimum absolute atomic E-state index is 0.104. The van der Waals surface area contributed by atoms with Crippen molar-refractivity contribution in [1.29, 1.82) is 0 Å². The molecule has 0 fully saturated rings. The molecule has 6 heteroatoms. The molecule has 0 aliphatic rings. The summed E-state index contributed by atoms with van der Waals surface area (Å²) in [6.45, 7) is 8.18. The number of hydrogen-bond donors (Lipinski definition) is 0. The van der Waals surface area contributed by atoms with Crippen LogP contribution < -0.4 is 4.74 Å². The largest absolute Gasteiger partial charge is 0.497 e. The van der Waals surface area contributed by atoms with Gasteiger partial charge in [-0.3, -0.25) is 9.36 Å². The maximum Gasteiger partial charge on any atom is 0.192 e. The zero-order valence-corrected chi connectivity index (χ0v) is 17.7. The van der Waals surface area contributed by atoms with Gasteiger partial charge in [0.2, 0.25) is 0 Å². The van der Waals surface area contributed by atoms with E-state index < -0.39 is 0 Å². The van der Waals surface area contributed by atoms with E-state index in [0.717, 1.165) is 39.0 Å². The number of rotatable bonds is 7. The normalized spacial score (nSPS) is 11.1. The van der Waals surface area contributed by atoms with Crippen molar-refractivity contribution in [2.24, 2.45) is 0 Å². The summed E-state index contributed by atoms with van der Waals surface area (Å²) in [6, 6.07) is 13.8. The SMILES string of the molecule is COc1ccc(-c2nnc(SCC(=O)c3ccc(C)cc3C)n2C(C)C)cc1. The van der Waals surface area contributed by atoms with E-state index in [1.165, 1.54) is 11.8 Å². The Kier molecular flexibility index (Phi) is 6.19. The Labute approximate surface area is 170 Å². The average molecular weight is 396 g/mol. The number of aromatic nitrogens is 3. The zero-order valence-electron chi connectivity index (χ0n) is 16.9. The Morgan fingerprint density at radius 1 is 1.11 bits per heavy atom. The molecular formula is C22H25N3O2S. The van der Waals surface area contributed by atoms with Gasteiger partial charge < -0.3 is 4.74 Å². The summed E-state index contributed by atoms with van der Waals surface area (Å²) in [6.07, 6.45) is 0. The van der Waals surface area contributed by atoms with Gasteiger partial charge in [0.05, 0.1) is 12.9 Å². The molecule has 146 valence electrons. The van der Waals surface area contributed by atoms with E-state index >= 15 is 0 Å². The Bertz CT molecular complexity index is 978. The maximum absolute atomic E-state index is 12.7. The number of aryl methyl sites for hydroxylation is 2. The summed E-state index contributed by atoms with van der Waals surface area (Å²) >= 11 is 1.43. The lowest BCUT2D eigenvalue weighted by Gasteiger charge is -2.14. The second-order valence-electron chi connectivity index (χ2n) is 7.03. The molecular weight excluding hydrogens is 370 g/mol. The average Bonchev–Trinajstić information content (AvgIpc) is 3.10. The first-order valence-corrected chi connectivity index (χ1v) is 10.2. The Balaban J connectivity index is 1.82. The number of Topliss-reactive ketones (excluding diaryl/α,β-unsaturated/α-hetero) is 1. The first kappa shape index (κ1) is 20.1. The Hall–Kier alpha value is -2.60. The van der Waals surface area contributed by atoms with Gasteiger partial charge in [-0.2, -0.15) is 0 Å². The number of nitrogens with zero attached hydrogens (tertiary/aromatic N) is 3. The van der Waals surface area contributed by atoms with Crippen LogP contribution in [0.3, 0.4) is 0 Å². The van der Waals surface area contributed by atoms with E-state index in [1.807, 2.05) is 56.3 Å². The molecule has 0 unspecified atom stereocenters. The summed E-state index contributed by atoms with van der Waals surface area (Å²) in [5.41, 5.74) is 3.90. The van der Waals surface area contributed by atoms with Crippen molar-refractivity contribution in [2.45, 2.75) is 38.9 Å². The molecule has 1 aromatic heterocycles. The smallest absolute Gasteiger partial charge is 0.192 e. The van der Waals surface area contributed by atoms with Crippen molar-refractivity contribution in [1.82, 2.24) is 14.8 Å². The summed E-state index contributed by atoms with van der Waals surface area (Å²) in [5, 5.41) is 9.48. The van der Waals surface area contributed by atoms with Gasteiger partial charge in [-0.05, 0) is 57.5 Å². The van der Waals surface area contributed by atoms with Crippen molar-refractivity contribution in [3.8, 4) is 17.1 Å². The number of ether oxygens (including phenoxy) is 1. The van der Waals surface area contributed by atoms with Gasteiger partial charge in [0.25, 0.3) is 0 Å². The van der Waals surface area contributed by atoms with Gasteiger partial charge in [0.1, 0.15) is 5.75 Å². The van der Waals surface area contributed by atoms with Crippen LogP contribution >= 0.6 is 11.8 Å². The predicted octanol–water partition coefficient (Wildman–Crippen LogP) is 5.13. The molecule has 0 aliphatic heterocycles. The molecule has 2 aromatic carbocycles. The fourth-order valence-electron chi connectivity index (χ4n) is 3.11. The van der Waals surface area contributed by atoms with Gasteiger partial charge >= 0.3 is 0 Å². The second-order valence-corrected chi connectivity index (χ2v) is 7.97. The maximum atomic E-state index is 12.7. The minimum Gasteiger partial charge on any atom is -0.497 e. The summed E-state index contributed by atoms with van der Waals surface area (Å²) in [5.74, 6) is 2.02. The molecule has 5 nitrogen and oxygen atoms in total. The van der Waals surface area contributed by atoms with E-state index in [9.17, 15) is 4.79 Å². The molecule has 0 saturated carbocycles. The van der Waals surface area contributed by atoms with Gasteiger partial charge in [-0.15, -0.1) is 10.2 Å². The third-order valence-corrected chi connectivity index (χ3v) is 5.49. The van der Waals surface area contributed by atoms with Crippen LogP contribution in [0.5, 0.6) is 5.75 Å². The molecule has 0 amide bonds. The van der Waals surface area contributed by atoms with Gasteiger partial charge in [0.15, 0.2) is 16.8 Å². The Morgan fingerprint density at radius 2 is 1.82 bits per heavy atom.